The Morgan fingerprint density at radius 2 is 1.64 bits per heavy atom. The Balaban J connectivity index is 2.47. The molecule has 7 nitrogen and oxygen atoms in total. The number of nitrogens with one attached hydrogen (secondary N) is 1. The number of anilines is 1. The number of carbonyl (C=O) groups is 2. The zero-order chi connectivity index (χ0) is 24.8. The van der Waals surface area contributed by atoms with Gasteiger partial charge in [-0.1, -0.05) is 50.2 Å². The van der Waals surface area contributed by atoms with Gasteiger partial charge in [-0.2, -0.15) is 0 Å². The van der Waals surface area contributed by atoms with E-state index >= 15 is 0 Å². The molecule has 0 unspecified atom stereocenters. The van der Waals surface area contributed by atoms with E-state index in [9.17, 15) is 22.4 Å². The zero-order valence-electron chi connectivity index (χ0n) is 19.7. The van der Waals surface area contributed by atoms with Crippen molar-refractivity contribution in [3.63, 3.8) is 0 Å². The third-order valence-electron chi connectivity index (χ3n) is 5.32. The predicted octanol–water partition coefficient (Wildman–Crippen LogP) is 3.27. The van der Waals surface area contributed by atoms with E-state index in [4.69, 9.17) is 0 Å². The maximum Gasteiger partial charge on any atom is 0.244 e. The summed E-state index contributed by atoms with van der Waals surface area (Å²) in [4.78, 5) is 27.2. The maximum absolute atomic E-state index is 14.3. The molecular formula is C24H32FN3O4S. The van der Waals surface area contributed by atoms with E-state index in [2.05, 4.69) is 5.32 Å². The molecule has 0 radical (unpaired) electrons. The van der Waals surface area contributed by atoms with Gasteiger partial charge in [0.2, 0.25) is 21.8 Å². The van der Waals surface area contributed by atoms with E-state index in [0.717, 1.165) is 16.1 Å². The summed E-state index contributed by atoms with van der Waals surface area (Å²) in [7, 11) is -3.83. The summed E-state index contributed by atoms with van der Waals surface area (Å²) in [5.41, 5.74) is 1.41. The Morgan fingerprint density at radius 1 is 1.03 bits per heavy atom. The largest absolute Gasteiger partial charge is 0.355 e. The number of halogens is 1. The van der Waals surface area contributed by atoms with Gasteiger partial charge in [0.15, 0.2) is 0 Å². The standard InChI is InChI=1S/C24H32FN3O4S/c1-6-26-24(30)18(4)27(15-19-11-7-9-13-21(19)25)23(29)16-28(33(5,31)32)22-14-10-8-12-20(22)17(2)3/h7-14,17-18H,6,15-16H2,1-5H3,(H,26,30)/t18-/m0/s1. The lowest BCUT2D eigenvalue weighted by Crippen LogP contribution is -2.51. The number of para-hydroxylation sites is 1. The molecule has 0 saturated carbocycles. The van der Waals surface area contributed by atoms with Crippen LogP contribution in [0.25, 0.3) is 0 Å². The van der Waals surface area contributed by atoms with Crippen LogP contribution in [0, 0.1) is 5.82 Å². The smallest absolute Gasteiger partial charge is 0.244 e. The van der Waals surface area contributed by atoms with E-state index in [1.54, 1.807) is 25.1 Å². The van der Waals surface area contributed by atoms with Gasteiger partial charge in [-0.3, -0.25) is 13.9 Å². The number of benzene rings is 2. The van der Waals surface area contributed by atoms with Gasteiger partial charge in [0, 0.05) is 18.7 Å². The quantitative estimate of drug-likeness (QED) is 0.569. The average molecular weight is 478 g/mol. The molecule has 0 aliphatic heterocycles. The van der Waals surface area contributed by atoms with Crippen LogP contribution >= 0.6 is 0 Å². The Morgan fingerprint density at radius 3 is 2.21 bits per heavy atom. The van der Waals surface area contributed by atoms with E-state index in [1.165, 1.54) is 30.0 Å². The Kier molecular flexibility index (Phi) is 8.99. The summed E-state index contributed by atoms with van der Waals surface area (Å²) in [6.45, 7) is 6.83. The fourth-order valence-corrected chi connectivity index (χ4v) is 4.38. The van der Waals surface area contributed by atoms with Gasteiger partial charge >= 0.3 is 0 Å². The summed E-state index contributed by atoms with van der Waals surface area (Å²) in [6.07, 6.45) is 1.03. The maximum atomic E-state index is 14.3. The molecule has 0 aromatic heterocycles. The molecule has 9 heteroatoms. The van der Waals surface area contributed by atoms with Crippen LogP contribution in [-0.4, -0.2) is 50.5 Å². The van der Waals surface area contributed by atoms with Crippen LogP contribution in [-0.2, 0) is 26.2 Å². The van der Waals surface area contributed by atoms with Crippen molar-refractivity contribution in [2.75, 3.05) is 23.7 Å². The summed E-state index contributed by atoms with van der Waals surface area (Å²) >= 11 is 0. The van der Waals surface area contributed by atoms with Gasteiger partial charge in [0.25, 0.3) is 0 Å². The number of hydrogen-bond donors (Lipinski definition) is 1. The first kappa shape index (κ1) is 26.3. The molecule has 0 fully saturated rings. The molecule has 0 spiro atoms. The molecule has 2 aromatic rings. The summed E-state index contributed by atoms with van der Waals surface area (Å²) in [6, 6.07) is 12.0. The molecule has 2 aromatic carbocycles. The summed E-state index contributed by atoms with van der Waals surface area (Å²) < 4.78 is 40.8. The van der Waals surface area contributed by atoms with Crippen LogP contribution in [0.15, 0.2) is 48.5 Å². The topological polar surface area (TPSA) is 86.8 Å². The van der Waals surface area contributed by atoms with Gasteiger partial charge in [-0.15, -0.1) is 0 Å². The van der Waals surface area contributed by atoms with Crippen molar-refractivity contribution in [1.29, 1.82) is 0 Å². The molecule has 0 heterocycles. The van der Waals surface area contributed by atoms with E-state index < -0.39 is 40.2 Å². The first-order chi connectivity index (χ1) is 15.5. The van der Waals surface area contributed by atoms with Crippen LogP contribution in [0.2, 0.25) is 0 Å². The van der Waals surface area contributed by atoms with Crippen LogP contribution in [0.3, 0.4) is 0 Å². The highest BCUT2D eigenvalue weighted by Crippen LogP contribution is 2.29. The lowest BCUT2D eigenvalue weighted by atomic mass is 10.0. The molecule has 0 bridgehead atoms. The van der Waals surface area contributed by atoms with Crippen LogP contribution in [0.4, 0.5) is 10.1 Å². The highest BCUT2D eigenvalue weighted by Gasteiger charge is 2.31. The van der Waals surface area contributed by atoms with Crippen molar-refractivity contribution in [3.05, 3.63) is 65.5 Å². The first-order valence-corrected chi connectivity index (χ1v) is 12.7. The summed E-state index contributed by atoms with van der Waals surface area (Å²) in [5.74, 6) is -1.51. The number of carbonyl (C=O) groups excluding carboxylic acids is 2. The molecule has 2 amide bonds. The molecule has 0 saturated heterocycles. The van der Waals surface area contributed by atoms with Crippen molar-refractivity contribution in [2.45, 2.75) is 46.2 Å². The number of nitrogens with zero attached hydrogens (tertiary/aromatic N) is 2. The highest BCUT2D eigenvalue weighted by atomic mass is 32.2. The first-order valence-electron chi connectivity index (χ1n) is 10.8. The minimum Gasteiger partial charge on any atom is -0.355 e. The Labute approximate surface area is 195 Å². The molecule has 0 aliphatic rings. The minimum atomic E-state index is -3.83. The van der Waals surface area contributed by atoms with Crippen molar-refractivity contribution in [1.82, 2.24) is 10.2 Å². The van der Waals surface area contributed by atoms with Gasteiger partial charge in [-0.25, -0.2) is 12.8 Å². The van der Waals surface area contributed by atoms with Gasteiger partial charge < -0.3 is 10.2 Å². The van der Waals surface area contributed by atoms with Gasteiger partial charge in [-0.05, 0) is 37.5 Å². The normalized spacial score (nSPS) is 12.3. The predicted molar refractivity (Wildman–Crippen MR) is 128 cm³/mol. The lowest BCUT2D eigenvalue weighted by Gasteiger charge is -2.32. The molecule has 1 atom stereocenters. The molecule has 0 aliphatic carbocycles. The van der Waals surface area contributed by atoms with Crippen molar-refractivity contribution >= 4 is 27.5 Å². The van der Waals surface area contributed by atoms with E-state index in [-0.39, 0.29) is 18.0 Å². The van der Waals surface area contributed by atoms with E-state index in [1.807, 2.05) is 26.0 Å². The molecule has 1 N–H and O–H groups in total. The van der Waals surface area contributed by atoms with Crippen LogP contribution in [0.5, 0.6) is 0 Å². The van der Waals surface area contributed by atoms with E-state index in [0.29, 0.717) is 12.2 Å². The van der Waals surface area contributed by atoms with Crippen molar-refractivity contribution in [3.8, 4) is 0 Å². The number of amides is 2. The third kappa shape index (κ3) is 6.77. The highest BCUT2D eigenvalue weighted by molar-refractivity contribution is 7.92. The number of likely N-dealkylation sites (N-methyl/N-ethyl adjacent to an activating group) is 1. The Hall–Kier alpha value is -2.94. The monoisotopic (exact) mass is 477 g/mol. The second-order valence-electron chi connectivity index (χ2n) is 8.17. The van der Waals surface area contributed by atoms with Crippen molar-refractivity contribution in [2.24, 2.45) is 0 Å². The Bertz CT molecular complexity index is 1090. The second kappa shape index (κ2) is 11.3. The van der Waals surface area contributed by atoms with Gasteiger partial charge in [0.1, 0.15) is 18.4 Å². The molecule has 180 valence electrons. The number of hydrogen-bond acceptors (Lipinski definition) is 4. The fourth-order valence-electron chi connectivity index (χ4n) is 3.51. The van der Waals surface area contributed by atoms with Crippen LogP contribution < -0.4 is 9.62 Å². The van der Waals surface area contributed by atoms with Crippen LogP contribution in [0.1, 0.15) is 44.7 Å². The van der Waals surface area contributed by atoms with Gasteiger partial charge in [0.05, 0.1) is 11.9 Å². The third-order valence-corrected chi connectivity index (χ3v) is 6.45. The van der Waals surface area contributed by atoms with Crippen molar-refractivity contribution < 1.29 is 22.4 Å². The number of sulfonamides is 1. The summed E-state index contributed by atoms with van der Waals surface area (Å²) in [5, 5.41) is 2.66. The molecule has 2 rings (SSSR count). The number of rotatable bonds is 10. The second-order valence-corrected chi connectivity index (χ2v) is 10.1. The molecule has 33 heavy (non-hydrogen) atoms. The SMILES string of the molecule is CCNC(=O)[C@H](C)N(Cc1ccccc1F)C(=O)CN(c1ccccc1C(C)C)S(C)(=O)=O. The fraction of sp³-hybridized carbons (Fsp3) is 0.417. The zero-order valence-corrected chi connectivity index (χ0v) is 20.5. The lowest BCUT2D eigenvalue weighted by molar-refractivity contribution is -0.139. The minimum absolute atomic E-state index is 0.0179. The molecular weight excluding hydrogens is 445 g/mol. The average Bonchev–Trinajstić information content (AvgIpc) is 2.75.